The number of fused-ring (bicyclic) bond motifs is 2. The molecule has 2 aromatic heterocycles. The lowest BCUT2D eigenvalue weighted by Crippen LogP contribution is -2.54. The molecular formula is C49H62N6O4S. The van der Waals surface area contributed by atoms with Crippen LogP contribution in [0.4, 0.5) is 11.4 Å². The number of carbonyl (C=O) groups excluding carboxylic acids is 2. The van der Waals surface area contributed by atoms with Crippen LogP contribution in [0, 0.1) is 0 Å². The van der Waals surface area contributed by atoms with E-state index >= 15 is 0 Å². The number of amides is 1. The van der Waals surface area contributed by atoms with Gasteiger partial charge in [0.15, 0.2) is 4.80 Å². The average molecular weight is 831 g/mol. The third-order valence-electron chi connectivity index (χ3n) is 11.1. The van der Waals surface area contributed by atoms with E-state index in [1.54, 1.807) is 66.8 Å². The lowest BCUT2D eigenvalue weighted by molar-refractivity contribution is -0.147. The molecule has 4 aromatic carbocycles. The molecule has 6 aromatic rings. The second kappa shape index (κ2) is 23.0. The number of ketones is 1. The maximum Gasteiger partial charge on any atom is 0.307 e. The molecule has 1 atom stereocenters. The van der Waals surface area contributed by atoms with Crippen LogP contribution in [0.5, 0.6) is 5.75 Å². The molecular weight excluding hydrogens is 769 g/mol. The van der Waals surface area contributed by atoms with Gasteiger partial charge in [0.05, 0.1) is 28.0 Å². The van der Waals surface area contributed by atoms with Gasteiger partial charge in [-0.15, -0.1) is 5.10 Å². The van der Waals surface area contributed by atoms with Crippen molar-refractivity contribution in [1.82, 2.24) is 19.6 Å². The molecule has 10 nitrogen and oxygen atoms in total. The van der Waals surface area contributed by atoms with Crippen LogP contribution < -0.4 is 14.9 Å². The molecule has 11 heteroatoms. The van der Waals surface area contributed by atoms with Crippen molar-refractivity contribution in [3.8, 4) is 5.75 Å². The number of anilines is 1. The van der Waals surface area contributed by atoms with Gasteiger partial charge in [-0.25, -0.2) is 4.99 Å². The number of benzene rings is 4. The number of nitrogens with one attached hydrogen (secondary N) is 1. The Morgan fingerprint density at radius 1 is 0.717 bits per heavy atom. The van der Waals surface area contributed by atoms with Gasteiger partial charge in [0.1, 0.15) is 11.3 Å². The summed E-state index contributed by atoms with van der Waals surface area (Å²) in [5.41, 5.74) is 1.22. The van der Waals surface area contributed by atoms with E-state index in [2.05, 4.69) is 34.7 Å². The fourth-order valence-electron chi connectivity index (χ4n) is 7.69. The molecule has 0 spiro atoms. The summed E-state index contributed by atoms with van der Waals surface area (Å²) in [6.45, 7) is 4.67. The van der Waals surface area contributed by atoms with Crippen molar-refractivity contribution < 1.29 is 19.1 Å². The van der Waals surface area contributed by atoms with Crippen molar-refractivity contribution in [2.75, 3.05) is 18.5 Å². The second-order valence-corrected chi connectivity index (χ2v) is 16.6. The van der Waals surface area contributed by atoms with E-state index in [0.717, 1.165) is 27.9 Å². The van der Waals surface area contributed by atoms with E-state index < -0.39 is 17.4 Å². The summed E-state index contributed by atoms with van der Waals surface area (Å²) >= 11 is 1.59. The van der Waals surface area contributed by atoms with Crippen LogP contribution >= 0.6 is 11.3 Å². The van der Waals surface area contributed by atoms with Gasteiger partial charge in [-0.3, -0.25) is 9.59 Å². The SMILES string of the molecule is CCCCCCCCCCCCCCCCCCOc1ccc(C(=O)C(OCC)(C(=O)Nc2ccccc2)n2nnc3cc(N=c4sc5ccccc5n4C)ccc32)cc1. The third-order valence-corrected chi connectivity index (χ3v) is 12.2. The smallest absolute Gasteiger partial charge is 0.307 e. The van der Waals surface area contributed by atoms with Gasteiger partial charge in [-0.05, 0) is 80.1 Å². The zero-order valence-electron chi connectivity index (χ0n) is 35.7. The number of thiazole rings is 1. The zero-order chi connectivity index (χ0) is 42.0. The number of Topliss-reactive ketones (excluding diaryl/α,β-unsaturated/α-hetero) is 1. The number of carbonyl (C=O) groups is 2. The molecule has 318 valence electrons. The van der Waals surface area contributed by atoms with Crippen LogP contribution in [-0.4, -0.2) is 44.5 Å². The van der Waals surface area contributed by atoms with Crippen LogP contribution in [0.1, 0.15) is 127 Å². The minimum Gasteiger partial charge on any atom is -0.494 e. The fraction of sp³-hybridized carbons (Fsp3) is 0.449. The predicted molar refractivity (Wildman–Crippen MR) is 244 cm³/mol. The summed E-state index contributed by atoms with van der Waals surface area (Å²) in [7, 11) is 1.99. The molecule has 0 saturated carbocycles. The van der Waals surface area contributed by atoms with Gasteiger partial charge >= 0.3 is 5.72 Å². The number of unbranched alkanes of at least 4 members (excludes halogenated alkanes) is 15. The van der Waals surface area contributed by atoms with Crippen LogP contribution in [-0.2, 0) is 22.3 Å². The normalized spacial score (nSPS) is 12.9. The van der Waals surface area contributed by atoms with E-state index in [-0.39, 0.29) is 12.2 Å². The van der Waals surface area contributed by atoms with Gasteiger partial charge in [0.25, 0.3) is 5.91 Å². The number of hydrogen-bond acceptors (Lipinski definition) is 8. The largest absolute Gasteiger partial charge is 0.494 e. The number of aryl methyl sites for hydroxylation is 1. The minimum absolute atomic E-state index is 0.0473. The van der Waals surface area contributed by atoms with Crippen molar-refractivity contribution in [3.05, 3.63) is 107 Å². The number of rotatable bonds is 26. The lowest BCUT2D eigenvalue weighted by atomic mass is 9.98. The number of aromatic nitrogens is 4. The first-order chi connectivity index (χ1) is 29.4. The van der Waals surface area contributed by atoms with E-state index in [9.17, 15) is 9.59 Å². The summed E-state index contributed by atoms with van der Waals surface area (Å²) in [5.74, 6) is -0.611. The van der Waals surface area contributed by atoms with Crippen molar-refractivity contribution in [2.45, 2.75) is 122 Å². The van der Waals surface area contributed by atoms with Crippen LogP contribution in [0.25, 0.3) is 21.3 Å². The van der Waals surface area contributed by atoms with Gasteiger partial charge in [-0.1, -0.05) is 150 Å². The summed E-state index contributed by atoms with van der Waals surface area (Å²) in [4.78, 5) is 35.0. The summed E-state index contributed by atoms with van der Waals surface area (Å²) < 4.78 is 16.8. The molecule has 60 heavy (non-hydrogen) atoms. The van der Waals surface area contributed by atoms with Crippen LogP contribution in [0.3, 0.4) is 0 Å². The molecule has 1 amide bonds. The Labute approximate surface area is 359 Å². The second-order valence-electron chi connectivity index (χ2n) is 15.6. The van der Waals surface area contributed by atoms with E-state index in [1.165, 1.54) is 94.6 Å². The van der Waals surface area contributed by atoms with Gasteiger partial charge in [0, 0.05) is 24.9 Å². The molecule has 2 heterocycles. The molecule has 1 unspecified atom stereocenters. The third kappa shape index (κ3) is 11.6. The van der Waals surface area contributed by atoms with Gasteiger partial charge in [0.2, 0.25) is 5.78 Å². The number of para-hydroxylation sites is 2. The highest BCUT2D eigenvalue weighted by Crippen LogP contribution is 2.32. The van der Waals surface area contributed by atoms with Crippen molar-refractivity contribution >= 4 is 55.7 Å². The average Bonchev–Trinajstić information content (AvgIpc) is 3.84. The molecule has 0 aliphatic carbocycles. The molecule has 1 N–H and O–H groups in total. The Hall–Kier alpha value is -5.13. The van der Waals surface area contributed by atoms with Crippen molar-refractivity contribution in [2.24, 2.45) is 12.0 Å². The predicted octanol–water partition coefficient (Wildman–Crippen LogP) is 12.1. The number of nitrogens with zero attached hydrogens (tertiary/aromatic N) is 5. The Bertz CT molecular complexity index is 2320. The lowest BCUT2D eigenvalue weighted by Gasteiger charge is -2.31. The molecule has 0 bridgehead atoms. The van der Waals surface area contributed by atoms with Gasteiger partial charge < -0.3 is 19.4 Å². The Balaban J connectivity index is 1.08. The number of ether oxygens (including phenoxy) is 2. The minimum atomic E-state index is -2.22. The first-order valence-corrected chi connectivity index (χ1v) is 23.0. The van der Waals surface area contributed by atoms with Crippen LogP contribution in [0.15, 0.2) is 102 Å². The Morgan fingerprint density at radius 3 is 1.97 bits per heavy atom. The van der Waals surface area contributed by atoms with Gasteiger partial charge in [-0.2, -0.15) is 4.68 Å². The van der Waals surface area contributed by atoms with Crippen LogP contribution in [0.2, 0.25) is 0 Å². The highest BCUT2D eigenvalue weighted by Gasteiger charge is 2.51. The van der Waals surface area contributed by atoms with E-state index in [4.69, 9.17) is 14.5 Å². The Kier molecular flexibility index (Phi) is 17.0. The quantitative estimate of drug-likeness (QED) is 0.0331. The highest BCUT2D eigenvalue weighted by molar-refractivity contribution is 7.16. The summed E-state index contributed by atoms with van der Waals surface area (Å²) in [6.07, 6.45) is 21.1. The fourth-order valence-corrected chi connectivity index (χ4v) is 8.72. The van der Waals surface area contributed by atoms with E-state index in [1.807, 2.05) is 48.0 Å². The monoisotopic (exact) mass is 830 g/mol. The first kappa shape index (κ1) is 44.4. The first-order valence-electron chi connectivity index (χ1n) is 22.2. The summed E-state index contributed by atoms with van der Waals surface area (Å²) in [5, 5.41) is 11.7. The maximum atomic E-state index is 14.8. The topological polar surface area (TPSA) is 113 Å². The molecule has 0 aliphatic rings. The summed E-state index contributed by atoms with van der Waals surface area (Å²) in [6, 6.07) is 29.4. The molecule has 0 fully saturated rings. The zero-order valence-corrected chi connectivity index (χ0v) is 36.6. The molecule has 0 saturated heterocycles. The standard InChI is InChI=1S/C49H62N6O4S/c1-4-6-7-8-9-10-11-12-13-14-15-16-17-18-19-25-36-58-41-33-30-38(31-34-41)46(56)49(59-5-2,47(57)50-39-26-21-20-22-27-39)55-43-35-32-40(37-42(43)52-53-55)51-48-54(3)44-28-23-24-29-45(44)60-48/h20-24,26-35,37H,4-19,25,36H2,1-3H3,(H,50,57). The van der Waals surface area contributed by atoms with Crippen molar-refractivity contribution in [1.29, 1.82) is 0 Å². The maximum absolute atomic E-state index is 14.8. The molecule has 0 aliphatic heterocycles. The highest BCUT2D eigenvalue weighted by atomic mass is 32.1. The molecule has 6 rings (SSSR count). The molecule has 0 radical (unpaired) electrons. The number of hydrogen-bond donors (Lipinski definition) is 1. The van der Waals surface area contributed by atoms with E-state index in [0.29, 0.717) is 34.8 Å². The van der Waals surface area contributed by atoms with Crippen molar-refractivity contribution in [3.63, 3.8) is 0 Å². The Morgan fingerprint density at radius 2 is 1.33 bits per heavy atom.